The van der Waals surface area contributed by atoms with Crippen molar-refractivity contribution in [3.8, 4) is 0 Å². The SMILES string of the molecule is CCN(CC)CCCN1C(=O)/C(=N\OC)c2cc(Br)ccc21. The van der Waals surface area contributed by atoms with Gasteiger partial charge in [0.2, 0.25) is 0 Å². The Bertz CT molecular complexity index is 571. The predicted molar refractivity (Wildman–Crippen MR) is 92.4 cm³/mol. The number of rotatable bonds is 7. The molecule has 0 bridgehead atoms. The average molecular weight is 368 g/mol. The van der Waals surface area contributed by atoms with E-state index in [2.05, 4.69) is 39.8 Å². The molecule has 0 aliphatic carbocycles. The number of anilines is 1. The van der Waals surface area contributed by atoms with E-state index < -0.39 is 0 Å². The average Bonchev–Trinajstić information content (AvgIpc) is 2.77. The molecular formula is C16H22BrN3O2. The van der Waals surface area contributed by atoms with Crippen molar-refractivity contribution in [3.63, 3.8) is 0 Å². The number of hydrogen-bond acceptors (Lipinski definition) is 4. The molecule has 2 rings (SSSR count). The quantitative estimate of drug-likeness (QED) is 0.696. The molecule has 0 spiro atoms. The molecule has 120 valence electrons. The zero-order valence-corrected chi connectivity index (χ0v) is 14.9. The standard InChI is InChI=1S/C16H22BrN3O2/c1-4-19(5-2)9-6-10-20-14-8-7-12(17)11-13(14)15(16(20)21)18-22-3/h7-8,11H,4-6,9-10H2,1-3H3/b18-15-. The lowest BCUT2D eigenvalue weighted by molar-refractivity contribution is -0.112. The summed E-state index contributed by atoms with van der Waals surface area (Å²) in [5.74, 6) is -0.0884. The molecule has 0 unspecified atom stereocenters. The second-order valence-corrected chi connectivity index (χ2v) is 6.04. The van der Waals surface area contributed by atoms with Crippen LogP contribution in [-0.4, -0.2) is 49.8 Å². The highest BCUT2D eigenvalue weighted by Crippen LogP contribution is 2.32. The summed E-state index contributed by atoms with van der Waals surface area (Å²) in [6, 6.07) is 5.81. The van der Waals surface area contributed by atoms with Crippen LogP contribution in [0.4, 0.5) is 5.69 Å². The number of benzene rings is 1. The van der Waals surface area contributed by atoms with Gasteiger partial charge in [-0.3, -0.25) is 4.79 Å². The van der Waals surface area contributed by atoms with Crippen molar-refractivity contribution in [3.05, 3.63) is 28.2 Å². The summed E-state index contributed by atoms with van der Waals surface area (Å²) in [7, 11) is 1.46. The van der Waals surface area contributed by atoms with E-state index in [1.165, 1.54) is 7.11 Å². The van der Waals surface area contributed by atoms with Crippen molar-refractivity contribution in [2.24, 2.45) is 5.16 Å². The zero-order chi connectivity index (χ0) is 16.1. The Morgan fingerprint density at radius 3 is 2.68 bits per heavy atom. The van der Waals surface area contributed by atoms with Gasteiger partial charge in [0.15, 0.2) is 5.71 Å². The maximum atomic E-state index is 12.6. The third-order valence-corrected chi connectivity index (χ3v) is 4.38. The summed E-state index contributed by atoms with van der Waals surface area (Å²) < 4.78 is 0.924. The summed E-state index contributed by atoms with van der Waals surface area (Å²) in [6.45, 7) is 8.04. The Morgan fingerprint density at radius 1 is 1.32 bits per heavy atom. The largest absolute Gasteiger partial charge is 0.398 e. The van der Waals surface area contributed by atoms with Crippen molar-refractivity contribution < 1.29 is 9.63 Å². The molecule has 1 aromatic carbocycles. The van der Waals surface area contributed by atoms with Gasteiger partial charge in [-0.25, -0.2) is 0 Å². The highest BCUT2D eigenvalue weighted by atomic mass is 79.9. The maximum absolute atomic E-state index is 12.6. The van der Waals surface area contributed by atoms with Gasteiger partial charge in [-0.2, -0.15) is 0 Å². The second kappa shape index (κ2) is 7.74. The first-order chi connectivity index (χ1) is 10.6. The fraction of sp³-hybridized carbons (Fsp3) is 0.500. The normalized spacial score (nSPS) is 15.8. The number of carbonyl (C=O) groups excluding carboxylic acids is 1. The fourth-order valence-corrected chi connectivity index (χ4v) is 3.04. The molecule has 0 radical (unpaired) electrons. The van der Waals surface area contributed by atoms with E-state index in [1.807, 2.05) is 18.2 Å². The van der Waals surface area contributed by atoms with Gasteiger partial charge in [0.1, 0.15) is 7.11 Å². The van der Waals surface area contributed by atoms with Crippen molar-refractivity contribution in [2.75, 3.05) is 38.2 Å². The zero-order valence-electron chi connectivity index (χ0n) is 13.3. The van der Waals surface area contributed by atoms with E-state index in [0.717, 1.165) is 41.8 Å². The van der Waals surface area contributed by atoms with Crippen molar-refractivity contribution in [2.45, 2.75) is 20.3 Å². The Hall–Kier alpha value is -1.40. The number of amides is 1. The van der Waals surface area contributed by atoms with Gasteiger partial charge >= 0.3 is 0 Å². The van der Waals surface area contributed by atoms with Crippen LogP contribution in [0.2, 0.25) is 0 Å². The first-order valence-corrected chi connectivity index (χ1v) is 8.36. The molecule has 1 heterocycles. The van der Waals surface area contributed by atoms with Crippen LogP contribution < -0.4 is 4.90 Å². The maximum Gasteiger partial charge on any atom is 0.281 e. The summed E-state index contributed by atoms with van der Waals surface area (Å²) in [6.07, 6.45) is 0.934. The molecule has 0 saturated carbocycles. The fourth-order valence-electron chi connectivity index (χ4n) is 2.68. The minimum Gasteiger partial charge on any atom is -0.398 e. The van der Waals surface area contributed by atoms with Gasteiger partial charge < -0.3 is 14.6 Å². The van der Waals surface area contributed by atoms with Crippen molar-refractivity contribution in [1.82, 2.24) is 4.90 Å². The lowest BCUT2D eigenvalue weighted by Gasteiger charge is -2.21. The number of oxime groups is 1. The van der Waals surface area contributed by atoms with Gasteiger partial charge in [0.25, 0.3) is 5.91 Å². The highest BCUT2D eigenvalue weighted by molar-refractivity contribution is 9.10. The van der Waals surface area contributed by atoms with Crippen LogP contribution in [0.1, 0.15) is 25.8 Å². The van der Waals surface area contributed by atoms with Gasteiger partial charge in [-0.1, -0.05) is 34.9 Å². The lowest BCUT2D eigenvalue weighted by atomic mass is 10.1. The Balaban J connectivity index is 2.16. The molecule has 0 N–H and O–H groups in total. The summed E-state index contributed by atoms with van der Waals surface area (Å²) >= 11 is 3.44. The smallest absolute Gasteiger partial charge is 0.281 e. The van der Waals surface area contributed by atoms with Crippen molar-refractivity contribution >= 4 is 33.2 Å². The molecule has 6 heteroatoms. The van der Waals surface area contributed by atoms with Gasteiger partial charge in [-0.15, -0.1) is 0 Å². The highest BCUT2D eigenvalue weighted by Gasteiger charge is 2.34. The molecular weight excluding hydrogens is 346 g/mol. The lowest BCUT2D eigenvalue weighted by Crippen LogP contribution is -2.33. The molecule has 1 aliphatic rings. The van der Waals surface area contributed by atoms with E-state index in [-0.39, 0.29) is 5.91 Å². The molecule has 0 saturated heterocycles. The molecule has 1 amide bonds. The van der Waals surface area contributed by atoms with Crippen LogP contribution in [0.5, 0.6) is 0 Å². The molecule has 5 nitrogen and oxygen atoms in total. The minimum atomic E-state index is -0.0884. The molecule has 0 aromatic heterocycles. The topological polar surface area (TPSA) is 45.1 Å². The summed E-state index contributed by atoms with van der Waals surface area (Å²) in [5, 5.41) is 3.91. The van der Waals surface area contributed by atoms with Crippen LogP contribution in [0.25, 0.3) is 0 Å². The number of nitrogens with zero attached hydrogens (tertiary/aromatic N) is 3. The van der Waals surface area contributed by atoms with E-state index in [1.54, 1.807) is 4.90 Å². The Kier molecular flexibility index (Phi) is 5.97. The number of hydrogen-bond donors (Lipinski definition) is 0. The number of carbonyl (C=O) groups is 1. The van der Waals surface area contributed by atoms with E-state index >= 15 is 0 Å². The van der Waals surface area contributed by atoms with E-state index in [9.17, 15) is 4.79 Å². The summed E-state index contributed by atoms with van der Waals surface area (Å²) in [4.78, 5) is 21.5. The van der Waals surface area contributed by atoms with Gasteiger partial charge in [0, 0.05) is 16.6 Å². The predicted octanol–water partition coefficient (Wildman–Crippen LogP) is 2.88. The van der Waals surface area contributed by atoms with Gasteiger partial charge in [0.05, 0.1) is 5.69 Å². The van der Waals surface area contributed by atoms with Crippen LogP contribution >= 0.6 is 15.9 Å². The number of fused-ring (bicyclic) bond motifs is 1. The second-order valence-electron chi connectivity index (χ2n) is 5.12. The Labute approximate surface area is 140 Å². The molecule has 22 heavy (non-hydrogen) atoms. The van der Waals surface area contributed by atoms with Crippen molar-refractivity contribution in [1.29, 1.82) is 0 Å². The molecule has 0 atom stereocenters. The van der Waals surface area contributed by atoms with E-state index in [0.29, 0.717) is 12.3 Å². The molecule has 1 aliphatic heterocycles. The van der Waals surface area contributed by atoms with Crippen LogP contribution in [-0.2, 0) is 9.63 Å². The van der Waals surface area contributed by atoms with Crippen LogP contribution in [0.3, 0.4) is 0 Å². The molecule has 1 aromatic rings. The number of halogens is 1. The first-order valence-electron chi connectivity index (χ1n) is 7.57. The first kappa shape index (κ1) is 17.0. The van der Waals surface area contributed by atoms with E-state index in [4.69, 9.17) is 4.84 Å². The Morgan fingerprint density at radius 2 is 2.05 bits per heavy atom. The minimum absolute atomic E-state index is 0.0884. The van der Waals surface area contributed by atoms with Crippen LogP contribution in [0, 0.1) is 0 Å². The third-order valence-electron chi connectivity index (χ3n) is 3.89. The monoisotopic (exact) mass is 367 g/mol. The van der Waals surface area contributed by atoms with Gasteiger partial charge in [-0.05, 0) is 44.3 Å². The third kappa shape index (κ3) is 3.50. The molecule has 0 fully saturated rings. The summed E-state index contributed by atoms with van der Waals surface area (Å²) in [5.41, 5.74) is 2.11. The van der Waals surface area contributed by atoms with Crippen LogP contribution in [0.15, 0.2) is 27.8 Å².